The Bertz CT molecular complexity index is 568. The van der Waals surface area contributed by atoms with E-state index in [9.17, 15) is 4.79 Å². The van der Waals surface area contributed by atoms with Crippen molar-refractivity contribution in [1.29, 1.82) is 0 Å². The molecule has 0 amide bonds. The minimum Gasteiger partial charge on any atom is -0.408 e. The van der Waals surface area contributed by atoms with Crippen molar-refractivity contribution in [3.8, 4) is 0 Å². The van der Waals surface area contributed by atoms with Crippen LogP contribution in [0.25, 0.3) is 11.1 Å². The molecule has 0 aliphatic carbocycles. The minimum atomic E-state index is -0.535. The highest BCUT2D eigenvalue weighted by molar-refractivity contribution is 5.73. The quantitative estimate of drug-likeness (QED) is 0.740. The number of aromatic nitrogens is 1. The van der Waals surface area contributed by atoms with E-state index in [1.165, 1.54) is 0 Å². The maximum atomic E-state index is 11.0. The van der Waals surface area contributed by atoms with E-state index in [4.69, 9.17) is 15.3 Å². The fraction of sp³-hybridized carbons (Fsp3) is 0.417. The van der Waals surface area contributed by atoms with E-state index in [1.54, 1.807) is 12.1 Å². The molecule has 2 aromatic rings. The van der Waals surface area contributed by atoms with Gasteiger partial charge in [0.05, 0.1) is 5.52 Å². The average molecular weight is 236 g/mol. The Morgan fingerprint density at radius 2 is 2.29 bits per heavy atom. The zero-order valence-electron chi connectivity index (χ0n) is 9.69. The number of nitrogens with one attached hydrogen (secondary N) is 1. The number of benzene rings is 1. The van der Waals surface area contributed by atoms with E-state index in [0.29, 0.717) is 23.9 Å². The Labute approximate surface area is 98.2 Å². The number of aliphatic hydroxyl groups is 1. The van der Waals surface area contributed by atoms with Crippen LogP contribution in [0.15, 0.2) is 27.4 Å². The number of rotatable bonds is 4. The van der Waals surface area contributed by atoms with Gasteiger partial charge in [-0.2, -0.15) is 0 Å². The molecule has 0 saturated heterocycles. The normalized spacial score (nSPS) is 15.0. The van der Waals surface area contributed by atoms with Crippen molar-refractivity contribution in [3.63, 3.8) is 0 Å². The summed E-state index contributed by atoms with van der Waals surface area (Å²) in [7, 11) is 0. The lowest BCUT2D eigenvalue weighted by molar-refractivity contribution is 0.265. The van der Waals surface area contributed by atoms with Gasteiger partial charge in [0.15, 0.2) is 5.58 Å². The Morgan fingerprint density at radius 1 is 1.53 bits per heavy atom. The fourth-order valence-electron chi connectivity index (χ4n) is 1.89. The maximum absolute atomic E-state index is 11.0. The fourth-order valence-corrected chi connectivity index (χ4v) is 1.89. The van der Waals surface area contributed by atoms with Crippen molar-refractivity contribution in [2.24, 2.45) is 5.73 Å². The molecule has 0 aliphatic rings. The van der Waals surface area contributed by atoms with E-state index in [1.807, 2.05) is 13.0 Å². The van der Waals surface area contributed by atoms with Gasteiger partial charge in [-0.05, 0) is 37.5 Å². The third-order valence-corrected chi connectivity index (χ3v) is 2.93. The molecule has 0 bridgehead atoms. The molecule has 1 aromatic carbocycles. The first kappa shape index (κ1) is 11.9. The SMILES string of the molecule is CC(N)(CCCO)c1ccc2[nH]c(=O)oc2c1. The molecule has 1 heterocycles. The van der Waals surface area contributed by atoms with Crippen LogP contribution in [0.1, 0.15) is 25.3 Å². The number of aliphatic hydroxyl groups excluding tert-OH is 1. The lowest BCUT2D eigenvalue weighted by atomic mass is 9.88. The van der Waals surface area contributed by atoms with Gasteiger partial charge >= 0.3 is 5.76 Å². The molecular weight excluding hydrogens is 220 g/mol. The van der Waals surface area contributed by atoms with Gasteiger partial charge in [0.2, 0.25) is 0 Å². The molecule has 0 saturated carbocycles. The topological polar surface area (TPSA) is 92.2 Å². The van der Waals surface area contributed by atoms with Gasteiger partial charge in [0, 0.05) is 12.1 Å². The molecule has 17 heavy (non-hydrogen) atoms. The van der Waals surface area contributed by atoms with E-state index < -0.39 is 11.3 Å². The summed E-state index contributed by atoms with van der Waals surface area (Å²) in [6.07, 6.45) is 1.31. The Kier molecular flexibility index (Phi) is 3.04. The highest BCUT2D eigenvalue weighted by Crippen LogP contribution is 2.25. The van der Waals surface area contributed by atoms with Gasteiger partial charge in [0.1, 0.15) is 0 Å². The molecule has 0 aliphatic heterocycles. The number of aromatic amines is 1. The van der Waals surface area contributed by atoms with Crippen LogP contribution in [0.2, 0.25) is 0 Å². The van der Waals surface area contributed by atoms with Gasteiger partial charge < -0.3 is 15.3 Å². The van der Waals surface area contributed by atoms with Crippen LogP contribution in [0.5, 0.6) is 0 Å². The molecule has 1 unspecified atom stereocenters. The first-order valence-electron chi connectivity index (χ1n) is 5.56. The summed E-state index contributed by atoms with van der Waals surface area (Å²) in [5.41, 5.74) is 7.71. The smallest absolute Gasteiger partial charge is 0.408 e. The first-order valence-corrected chi connectivity index (χ1v) is 5.56. The van der Waals surface area contributed by atoms with Gasteiger partial charge in [-0.3, -0.25) is 4.98 Å². The van der Waals surface area contributed by atoms with Crippen molar-refractivity contribution >= 4 is 11.1 Å². The molecule has 0 spiro atoms. The number of oxazole rings is 1. The number of H-pyrrole nitrogens is 1. The van der Waals surface area contributed by atoms with Crippen molar-refractivity contribution in [3.05, 3.63) is 34.3 Å². The lowest BCUT2D eigenvalue weighted by Crippen LogP contribution is -2.33. The molecule has 5 nitrogen and oxygen atoms in total. The summed E-state index contributed by atoms with van der Waals surface area (Å²) >= 11 is 0. The van der Waals surface area contributed by atoms with Crippen molar-refractivity contribution < 1.29 is 9.52 Å². The summed E-state index contributed by atoms with van der Waals surface area (Å²) in [5, 5.41) is 8.83. The second-order valence-electron chi connectivity index (χ2n) is 4.47. The molecular formula is C12H16N2O3. The number of nitrogens with two attached hydrogens (primary N) is 1. The van der Waals surface area contributed by atoms with Crippen molar-refractivity contribution in [2.75, 3.05) is 6.61 Å². The van der Waals surface area contributed by atoms with Gasteiger partial charge in [-0.15, -0.1) is 0 Å². The predicted molar refractivity (Wildman–Crippen MR) is 64.7 cm³/mol. The third-order valence-electron chi connectivity index (χ3n) is 2.93. The third kappa shape index (κ3) is 2.40. The molecule has 4 N–H and O–H groups in total. The molecule has 2 rings (SSSR count). The predicted octanol–water partition coefficient (Wildman–Crippen LogP) is 1.07. The highest BCUT2D eigenvalue weighted by atomic mass is 16.4. The monoisotopic (exact) mass is 236 g/mol. The van der Waals surface area contributed by atoms with E-state index in [-0.39, 0.29) is 6.61 Å². The standard InChI is InChI=1S/C12H16N2O3/c1-12(13,5-2-6-15)8-3-4-9-10(7-8)17-11(16)14-9/h3-4,7,15H,2,5-6,13H2,1H3,(H,14,16). The minimum absolute atomic E-state index is 0.119. The average Bonchev–Trinajstić information content (AvgIpc) is 2.65. The molecule has 0 fully saturated rings. The number of fused-ring (bicyclic) bond motifs is 1. The van der Waals surface area contributed by atoms with Crippen LogP contribution in [-0.2, 0) is 5.54 Å². The largest absolute Gasteiger partial charge is 0.417 e. The first-order chi connectivity index (χ1) is 8.03. The maximum Gasteiger partial charge on any atom is 0.417 e. The van der Waals surface area contributed by atoms with Crippen LogP contribution in [-0.4, -0.2) is 16.7 Å². The van der Waals surface area contributed by atoms with Crippen molar-refractivity contribution in [2.45, 2.75) is 25.3 Å². The van der Waals surface area contributed by atoms with Crippen molar-refractivity contribution in [1.82, 2.24) is 4.98 Å². The molecule has 1 atom stereocenters. The summed E-state index contributed by atoms with van der Waals surface area (Å²) in [5.74, 6) is -0.466. The van der Waals surface area contributed by atoms with E-state index >= 15 is 0 Å². The highest BCUT2D eigenvalue weighted by Gasteiger charge is 2.21. The summed E-state index contributed by atoms with van der Waals surface area (Å²) < 4.78 is 4.99. The zero-order chi connectivity index (χ0) is 12.5. The Balaban J connectivity index is 2.37. The van der Waals surface area contributed by atoms with Crippen LogP contribution < -0.4 is 11.5 Å². The molecule has 0 radical (unpaired) electrons. The second kappa shape index (κ2) is 4.35. The van der Waals surface area contributed by atoms with E-state index in [2.05, 4.69) is 4.98 Å². The van der Waals surface area contributed by atoms with Gasteiger partial charge in [0.25, 0.3) is 0 Å². The van der Waals surface area contributed by atoms with Gasteiger partial charge in [-0.1, -0.05) is 6.07 Å². The Morgan fingerprint density at radius 3 is 3.00 bits per heavy atom. The van der Waals surface area contributed by atoms with Crippen LogP contribution in [0.4, 0.5) is 0 Å². The van der Waals surface area contributed by atoms with Crippen LogP contribution in [0.3, 0.4) is 0 Å². The summed E-state index contributed by atoms with van der Waals surface area (Å²) in [6, 6.07) is 5.41. The summed E-state index contributed by atoms with van der Waals surface area (Å²) in [4.78, 5) is 13.6. The molecule has 1 aromatic heterocycles. The Hall–Kier alpha value is -1.59. The number of hydrogen-bond donors (Lipinski definition) is 3. The summed E-state index contributed by atoms with van der Waals surface area (Å²) in [6.45, 7) is 2.02. The van der Waals surface area contributed by atoms with Crippen LogP contribution in [0, 0.1) is 0 Å². The molecule has 92 valence electrons. The van der Waals surface area contributed by atoms with E-state index in [0.717, 1.165) is 5.56 Å². The van der Waals surface area contributed by atoms with Crippen LogP contribution >= 0.6 is 0 Å². The molecule has 5 heteroatoms. The lowest BCUT2D eigenvalue weighted by Gasteiger charge is -2.24. The zero-order valence-corrected chi connectivity index (χ0v) is 9.69. The number of hydrogen-bond acceptors (Lipinski definition) is 4. The second-order valence-corrected chi connectivity index (χ2v) is 4.47. The van der Waals surface area contributed by atoms with Gasteiger partial charge in [-0.25, -0.2) is 4.79 Å².